The number of carboxylic acids is 1. The van der Waals surface area contributed by atoms with E-state index in [9.17, 15) is 18.0 Å². The van der Waals surface area contributed by atoms with Crippen LogP contribution in [0, 0.1) is 6.92 Å². The molecule has 0 atom stereocenters. The minimum Gasteiger partial charge on any atom is -0.482 e. The summed E-state index contributed by atoms with van der Waals surface area (Å²) < 4.78 is 31.7. The van der Waals surface area contributed by atoms with E-state index >= 15 is 0 Å². The molecule has 0 saturated carbocycles. The topological polar surface area (TPSA) is 122 Å². The molecule has 1 aliphatic rings. The Morgan fingerprint density at radius 1 is 1.48 bits per heavy atom. The summed E-state index contributed by atoms with van der Waals surface area (Å²) in [5.41, 5.74) is 0.829. The van der Waals surface area contributed by atoms with Gasteiger partial charge in [0.2, 0.25) is 10.0 Å². The zero-order chi connectivity index (χ0) is 15.6. The summed E-state index contributed by atoms with van der Waals surface area (Å²) in [5.74, 6) is -1.14. The number of rotatable bonds is 5. The van der Waals surface area contributed by atoms with Crippen LogP contribution in [-0.4, -0.2) is 38.6 Å². The van der Waals surface area contributed by atoms with Crippen molar-refractivity contribution in [3.8, 4) is 5.75 Å². The molecule has 8 nitrogen and oxygen atoms in total. The van der Waals surface area contributed by atoms with Crippen LogP contribution < -0.4 is 14.8 Å². The summed E-state index contributed by atoms with van der Waals surface area (Å²) in [6.07, 6.45) is -0.310. The molecular formula is C12H14N2O6S. The van der Waals surface area contributed by atoms with Crippen molar-refractivity contribution in [1.82, 2.24) is 4.72 Å². The maximum absolute atomic E-state index is 12.1. The monoisotopic (exact) mass is 314 g/mol. The highest BCUT2D eigenvalue weighted by molar-refractivity contribution is 7.89. The highest BCUT2D eigenvalue weighted by atomic mass is 32.2. The predicted molar refractivity (Wildman–Crippen MR) is 72.7 cm³/mol. The van der Waals surface area contributed by atoms with Gasteiger partial charge >= 0.3 is 5.97 Å². The minimum atomic E-state index is -3.84. The van der Waals surface area contributed by atoms with Crippen LogP contribution in [-0.2, 0) is 19.6 Å². The molecule has 21 heavy (non-hydrogen) atoms. The Bertz CT molecular complexity index is 698. The first-order valence-corrected chi connectivity index (χ1v) is 7.56. The van der Waals surface area contributed by atoms with E-state index in [1.807, 2.05) is 0 Å². The molecule has 0 spiro atoms. The van der Waals surface area contributed by atoms with Gasteiger partial charge in [-0.25, -0.2) is 13.1 Å². The first-order chi connectivity index (χ1) is 9.79. The van der Waals surface area contributed by atoms with Crippen LogP contribution in [0.25, 0.3) is 0 Å². The second kappa shape index (κ2) is 5.70. The van der Waals surface area contributed by atoms with Gasteiger partial charge in [-0.2, -0.15) is 0 Å². The third-order valence-electron chi connectivity index (χ3n) is 2.83. The lowest BCUT2D eigenvalue weighted by Crippen LogP contribution is -2.28. The number of aliphatic carboxylic acids is 1. The van der Waals surface area contributed by atoms with Crippen LogP contribution in [0.1, 0.15) is 12.0 Å². The van der Waals surface area contributed by atoms with Crippen molar-refractivity contribution in [1.29, 1.82) is 0 Å². The zero-order valence-electron chi connectivity index (χ0n) is 11.2. The van der Waals surface area contributed by atoms with E-state index in [1.165, 1.54) is 12.1 Å². The molecule has 1 amide bonds. The summed E-state index contributed by atoms with van der Waals surface area (Å²) in [5, 5.41) is 11.1. The Morgan fingerprint density at radius 3 is 2.86 bits per heavy atom. The van der Waals surface area contributed by atoms with E-state index < -0.39 is 16.0 Å². The maximum Gasteiger partial charge on any atom is 0.304 e. The standard InChI is InChI=1S/C12H14N2O6S/c1-7-4-8-9(20-6-11(15)14-8)5-10(7)21(18,19)13-3-2-12(16)17/h4-5,13H,2-3,6H2,1H3,(H,14,15)(H,16,17). The number of sulfonamides is 1. The number of carbonyl (C=O) groups excluding carboxylic acids is 1. The van der Waals surface area contributed by atoms with Gasteiger partial charge in [0, 0.05) is 12.6 Å². The van der Waals surface area contributed by atoms with Gasteiger partial charge in [-0.1, -0.05) is 0 Å². The molecule has 3 N–H and O–H groups in total. The van der Waals surface area contributed by atoms with Crippen LogP contribution in [0.3, 0.4) is 0 Å². The number of fused-ring (bicyclic) bond motifs is 1. The van der Waals surface area contributed by atoms with Gasteiger partial charge in [0.15, 0.2) is 6.61 Å². The van der Waals surface area contributed by atoms with Gasteiger partial charge in [0.1, 0.15) is 5.75 Å². The second-order valence-electron chi connectivity index (χ2n) is 4.49. The second-order valence-corrected chi connectivity index (χ2v) is 6.23. The summed E-state index contributed by atoms with van der Waals surface area (Å²) in [6, 6.07) is 2.81. The molecule has 0 radical (unpaired) electrons. The average molecular weight is 314 g/mol. The van der Waals surface area contributed by atoms with E-state index in [2.05, 4.69) is 10.0 Å². The lowest BCUT2D eigenvalue weighted by Gasteiger charge is -2.20. The SMILES string of the molecule is Cc1cc2c(cc1S(=O)(=O)NCCC(=O)O)OCC(=O)N2. The summed E-state index contributed by atoms with van der Waals surface area (Å²) in [4.78, 5) is 21.6. The highest BCUT2D eigenvalue weighted by Crippen LogP contribution is 2.32. The van der Waals surface area contributed by atoms with Crippen molar-refractivity contribution in [3.63, 3.8) is 0 Å². The fraction of sp³-hybridized carbons (Fsp3) is 0.333. The fourth-order valence-corrected chi connectivity index (χ4v) is 3.15. The van der Waals surface area contributed by atoms with Gasteiger partial charge in [-0.05, 0) is 18.6 Å². The third kappa shape index (κ3) is 3.50. The minimum absolute atomic E-state index is 0.0113. The van der Waals surface area contributed by atoms with Crippen molar-refractivity contribution in [3.05, 3.63) is 17.7 Å². The Morgan fingerprint density at radius 2 is 2.19 bits per heavy atom. The molecule has 1 aromatic carbocycles. The molecule has 0 aliphatic carbocycles. The van der Waals surface area contributed by atoms with E-state index in [4.69, 9.17) is 9.84 Å². The van der Waals surface area contributed by atoms with E-state index in [1.54, 1.807) is 6.92 Å². The predicted octanol–water partition coefficient (Wildman–Crippen LogP) is 0.0789. The Hall–Kier alpha value is -2.13. The summed E-state index contributed by atoms with van der Waals surface area (Å²) in [7, 11) is -3.84. The average Bonchev–Trinajstić information content (AvgIpc) is 2.36. The smallest absolute Gasteiger partial charge is 0.304 e. The lowest BCUT2D eigenvalue weighted by atomic mass is 10.2. The van der Waals surface area contributed by atoms with Crippen LogP contribution in [0.5, 0.6) is 5.75 Å². The first kappa shape index (κ1) is 15.3. The number of carbonyl (C=O) groups is 2. The fourth-order valence-electron chi connectivity index (χ4n) is 1.88. The van der Waals surface area contributed by atoms with Gasteiger partial charge < -0.3 is 15.2 Å². The van der Waals surface area contributed by atoms with Crippen molar-refractivity contribution in [2.24, 2.45) is 0 Å². The van der Waals surface area contributed by atoms with Gasteiger partial charge in [-0.15, -0.1) is 0 Å². The van der Waals surface area contributed by atoms with Crippen LogP contribution in [0.15, 0.2) is 17.0 Å². The van der Waals surface area contributed by atoms with Crippen molar-refractivity contribution in [2.75, 3.05) is 18.5 Å². The number of hydrogen-bond acceptors (Lipinski definition) is 5. The summed E-state index contributed by atoms with van der Waals surface area (Å²) in [6.45, 7) is 1.20. The molecule has 0 fully saturated rings. The zero-order valence-corrected chi connectivity index (χ0v) is 12.0. The van der Waals surface area contributed by atoms with Crippen molar-refractivity contribution < 1.29 is 27.9 Å². The van der Waals surface area contributed by atoms with E-state index in [0.717, 1.165) is 0 Å². The molecular weight excluding hydrogens is 300 g/mol. The lowest BCUT2D eigenvalue weighted by molar-refractivity contribution is -0.136. The molecule has 2 rings (SSSR count). The molecule has 1 heterocycles. The quantitative estimate of drug-likeness (QED) is 0.707. The van der Waals surface area contributed by atoms with Crippen molar-refractivity contribution in [2.45, 2.75) is 18.2 Å². The van der Waals surface area contributed by atoms with Crippen LogP contribution in [0.4, 0.5) is 5.69 Å². The first-order valence-electron chi connectivity index (χ1n) is 6.08. The molecule has 0 bridgehead atoms. The molecule has 0 aromatic heterocycles. The number of ether oxygens (including phenoxy) is 1. The van der Waals surface area contributed by atoms with Gasteiger partial charge in [-0.3, -0.25) is 9.59 Å². The molecule has 0 unspecified atom stereocenters. The molecule has 114 valence electrons. The molecule has 1 aromatic rings. The van der Waals surface area contributed by atoms with E-state index in [0.29, 0.717) is 11.3 Å². The molecule has 0 saturated heterocycles. The highest BCUT2D eigenvalue weighted by Gasteiger charge is 2.23. The largest absolute Gasteiger partial charge is 0.482 e. The maximum atomic E-state index is 12.1. The summed E-state index contributed by atoms with van der Waals surface area (Å²) >= 11 is 0. The Labute approximate surface area is 121 Å². The van der Waals surface area contributed by atoms with E-state index in [-0.39, 0.29) is 36.1 Å². The third-order valence-corrected chi connectivity index (χ3v) is 4.43. The number of anilines is 1. The number of carboxylic acid groups (broad SMARTS) is 1. The molecule has 1 aliphatic heterocycles. The Balaban J connectivity index is 2.27. The normalized spacial score (nSPS) is 14.0. The number of aryl methyl sites for hydroxylation is 1. The Kier molecular flexibility index (Phi) is 4.14. The number of hydrogen-bond donors (Lipinski definition) is 3. The van der Waals surface area contributed by atoms with Crippen LogP contribution in [0.2, 0.25) is 0 Å². The van der Waals surface area contributed by atoms with Gasteiger partial charge in [0.05, 0.1) is 17.0 Å². The van der Waals surface area contributed by atoms with Crippen LogP contribution >= 0.6 is 0 Å². The molecule has 9 heteroatoms. The number of nitrogens with one attached hydrogen (secondary N) is 2. The number of amides is 1. The number of benzene rings is 1. The van der Waals surface area contributed by atoms with Gasteiger partial charge in [0.25, 0.3) is 5.91 Å². The van der Waals surface area contributed by atoms with Crippen molar-refractivity contribution >= 4 is 27.6 Å².